The summed E-state index contributed by atoms with van der Waals surface area (Å²) in [6.45, 7) is 4.11. The van der Waals surface area contributed by atoms with E-state index in [0.29, 0.717) is 12.1 Å². The van der Waals surface area contributed by atoms with Crippen LogP contribution in [0, 0.1) is 13.8 Å². The van der Waals surface area contributed by atoms with E-state index in [1.165, 1.54) is 19.2 Å². The van der Waals surface area contributed by atoms with Crippen molar-refractivity contribution in [3.63, 3.8) is 0 Å². The molecule has 2 aromatic carbocycles. The van der Waals surface area contributed by atoms with Crippen LogP contribution in [0.2, 0.25) is 0 Å². The van der Waals surface area contributed by atoms with Crippen molar-refractivity contribution in [3.05, 3.63) is 88.2 Å². The third kappa shape index (κ3) is 5.49. The average molecular weight is 450 g/mol. The first-order valence-electron chi connectivity index (χ1n) is 10.5. The van der Waals surface area contributed by atoms with Crippen molar-refractivity contribution in [2.75, 3.05) is 20.8 Å². The molecule has 7 heteroatoms. The molecular formula is C26H27NO6. The summed E-state index contributed by atoms with van der Waals surface area (Å²) in [4.78, 5) is 37.2. The lowest BCUT2D eigenvalue weighted by atomic mass is 10.1. The van der Waals surface area contributed by atoms with Gasteiger partial charge in [0.05, 0.1) is 25.3 Å². The van der Waals surface area contributed by atoms with Crippen LogP contribution in [-0.2, 0) is 22.4 Å². The minimum atomic E-state index is -0.752. The van der Waals surface area contributed by atoms with Gasteiger partial charge in [-0.25, -0.2) is 9.59 Å². The molecule has 0 amide bonds. The molecule has 0 radical (unpaired) electrons. The third-order valence-corrected chi connectivity index (χ3v) is 5.54. The Bertz CT molecular complexity index is 1160. The first-order valence-corrected chi connectivity index (χ1v) is 10.5. The van der Waals surface area contributed by atoms with Crippen molar-refractivity contribution in [1.82, 2.24) is 4.57 Å². The molecule has 3 rings (SSSR count). The minimum absolute atomic E-state index is 0.0575. The fourth-order valence-electron chi connectivity index (χ4n) is 3.70. The predicted octanol–water partition coefficient (Wildman–Crippen LogP) is 4.18. The number of aromatic nitrogens is 1. The van der Waals surface area contributed by atoms with Gasteiger partial charge in [-0.1, -0.05) is 24.3 Å². The number of methoxy groups -OCH3 is 2. The van der Waals surface area contributed by atoms with Gasteiger partial charge in [-0.2, -0.15) is 0 Å². The van der Waals surface area contributed by atoms with Gasteiger partial charge >= 0.3 is 11.9 Å². The van der Waals surface area contributed by atoms with Crippen LogP contribution in [-0.4, -0.2) is 43.1 Å². The summed E-state index contributed by atoms with van der Waals surface area (Å²) in [5, 5.41) is 0. The number of hydrogen-bond acceptors (Lipinski definition) is 6. The number of aryl methyl sites for hydroxylation is 2. The summed E-state index contributed by atoms with van der Waals surface area (Å²) >= 11 is 0. The molecule has 33 heavy (non-hydrogen) atoms. The Morgan fingerprint density at radius 1 is 0.848 bits per heavy atom. The Labute approximate surface area is 192 Å². The first-order chi connectivity index (χ1) is 15.8. The van der Waals surface area contributed by atoms with Crippen LogP contribution in [0.5, 0.6) is 5.75 Å². The highest BCUT2D eigenvalue weighted by Gasteiger charge is 2.21. The number of hydrogen-bond donors (Lipinski definition) is 0. The van der Waals surface area contributed by atoms with Crippen LogP contribution < -0.4 is 4.74 Å². The zero-order valence-corrected chi connectivity index (χ0v) is 19.2. The predicted molar refractivity (Wildman–Crippen MR) is 123 cm³/mol. The molecule has 7 nitrogen and oxygen atoms in total. The van der Waals surface area contributed by atoms with Crippen LogP contribution in [0.4, 0.5) is 0 Å². The molecule has 172 valence electrons. The summed E-state index contributed by atoms with van der Waals surface area (Å²) in [7, 11) is 2.87. The van der Waals surface area contributed by atoms with Crippen molar-refractivity contribution in [3.8, 4) is 5.75 Å². The monoisotopic (exact) mass is 449 g/mol. The Morgan fingerprint density at radius 2 is 1.48 bits per heavy atom. The minimum Gasteiger partial charge on any atom is -0.497 e. The van der Waals surface area contributed by atoms with E-state index in [2.05, 4.69) is 4.57 Å². The van der Waals surface area contributed by atoms with Crippen LogP contribution in [0.25, 0.3) is 0 Å². The molecule has 0 unspecified atom stereocenters. The summed E-state index contributed by atoms with van der Waals surface area (Å²) < 4.78 is 17.2. The van der Waals surface area contributed by atoms with E-state index in [4.69, 9.17) is 14.2 Å². The van der Waals surface area contributed by atoms with Crippen molar-refractivity contribution in [2.24, 2.45) is 0 Å². The number of ether oxygens (including phenoxy) is 3. The second-order valence-electron chi connectivity index (χ2n) is 7.57. The molecule has 0 aliphatic rings. The summed E-state index contributed by atoms with van der Waals surface area (Å²) in [5.41, 5.74) is 3.59. The van der Waals surface area contributed by atoms with Crippen LogP contribution >= 0.6 is 0 Å². The largest absolute Gasteiger partial charge is 0.497 e. The number of rotatable bonds is 9. The first kappa shape index (κ1) is 23.8. The van der Waals surface area contributed by atoms with Gasteiger partial charge in [0.2, 0.25) is 5.78 Å². The molecule has 1 heterocycles. The average Bonchev–Trinajstić information content (AvgIpc) is 3.13. The number of esters is 2. The van der Waals surface area contributed by atoms with E-state index >= 15 is 0 Å². The Hall–Kier alpha value is -3.87. The quantitative estimate of drug-likeness (QED) is 0.360. The van der Waals surface area contributed by atoms with Gasteiger partial charge < -0.3 is 18.8 Å². The van der Waals surface area contributed by atoms with Gasteiger partial charge in [0, 0.05) is 23.5 Å². The third-order valence-electron chi connectivity index (χ3n) is 5.54. The van der Waals surface area contributed by atoms with E-state index in [-0.39, 0.29) is 16.9 Å². The topological polar surface area (TPSA) is 83.8 Å². The molecule has 0 N–H and O–H groups in total. The molecule has 1 aromatic heterocycles. The van der Waals surface area contributed by atoms with Crippen LogP contribution in [0.1, 0.15) is 48.0 Å². The van der Waals surface area contributed by atoms with Crippen LogP contribution in [0.15, 0.2) is 54.6 Å². The molecule has 0 saturated carbocycles. The molecule has 0 aliphatic heterocycles. The maximum absolute atomic E-state index is 12.8. The zero-order chi connectivity index (χ0) is 24.0. The summed E-state index contributed by atoms with van der Waals surface area (Å²) in [6.07, 6.45) is 0.799. The maximum Gasteiger partial charge on any atom is 0.339 e. The lowest BCUT2D eigenvalue weighted by Crippen LogP contribution is -2.18. The maximum atomic E-state index is 12.8. The second-order valence-corrected chi connectivity index (χ2v) is 7.57. The van der Waals surface area contributed by atoms with Gasteiger partial charge in [-0.3, -0.25) is 4.79 Å². The van der Waals surface area contributed by atoms with Gasteiger partial charge in [0.1, 0.15) is 5.75 Å². The van der Waals surface area contributed by atoms with Crippen LogP contribution in [0.3, 0.4) is 0 Å². The number of carbonyl (C=O) groups is 3. The fraction of sp³-hybridized carbons (Fsp3) is 0.269. The second kappa shape index (κ2) is 10.6. The Morgan fingerprint density at radius 3 is 2.09 bits per heavy atom. The molecule has 3 aromatic rings. The van der Waals surface area contributed by atoms with E-state index in [9.17, 15) is 14.4 Å². The number of ketones is 1. The van der Waals surface area contributed by atoms with Gasteiger partial charge in [0.25, 0.3) is 0 Å². The molecule has 0 spiro atoms. The highest BCUT2D eigenvalue weighted by molar-refractivity contribution is 6.04. The number of nitrogens with zero attached hydrogens (tertiary/aromatic N) is 1. The van der Waals surface area contributed by atoms with Gasteiger partial charge in [-0.15, -0.1) is 0 Å². The van der Waals surface area contributed by atoms with E-state index in [0.717, 1.165) is 29.1 Å². The van der Waals surface area contributed by atoms with Gasteiger partial charge in [-0.05, 0) is 56.2 Å². The zero-order valence-electron chi connectivity index (χ0n) is 19.2. The normalized spacial score (nSPS) is 10.5. The van der Waals surface area contributed by atoms with E-state index in [1.807, 2.05) is 44.2 Å². The van der Waals surface area contributed by atoms with Crippen molar-refractivity contribution >= 4 is 17.7 Å². The highest BCUT2D eigenvalue weighted by atomic mass is 16.5. The molecular weight excluding hydrogens is 422 g/mol. The lowest BCUT2D eigenvalue weighted by molar-refractivity contribution is 0.0463. The number of Topliss-reactive ketones (excluding diaryl/α,β-unsaturated/α-hetero) is 1. The summed E-state index contributed by atoms with van der Waals surface area (Å²) in [5.74, 6) is -0.890. The molecule has 0 saturated heterocycles. The highest BCUT2D eigenvalue weighted by Crippen LogP contribution is 2.19. The van der Waals surface area contributed by atoms with E-state index in [1.54, 1.807) is 19.2 Å². The SMILES string of the molecule is COC(=O)c1ccccc1C(=O)OCC(=O)c1cc(C)n(CCc2ccc(OC)cc2)c1C. The standard InChI is InChI=1S/C26H27NO6/c1-17-15-23(18(2)27(17)14-13-19-9-11-20(31-3)12-10-19)24(28)16-33-26(30)22-8-6-5-7-21(22)25(29)32-4/h5-12,15H,13-14,16H2,1-4H3. The Balaban J connectivity index is 1.66. The number of benzene rings is 2. The van der Waals surface area contributed by atoms with Gasteiger partial charge in [0.15, 0.2) is 6.61 Å². The summed E-state index contributed by atoms with van der Waals surface area (Å²) in [6, 6.07) is 15.9. The van der Waals surface area contributed by atoms with Crippen molar-refractivity contribution in [2.45, 2.75) is 26.8 Å². The Kier molecular flexibility index (Phi) is 7.66. The molecule has 0 bridgehead atoms. The lowest BCUT2D eigenvalue weighted by Gasteiger charge is -2.11. The number of carbonyl (C=O) groups excluding carboxylic acids is 3. The fourth-order valence-corrected chi connectivity index (χ4v) is 3.70. The van der Waals surface area contributed by atoms with Crippen molar-refractivity contribution < 1.29 is 28.6 Å². The van der Waals surface area contributed by atoms with Crippen molar-refractivity contribution in [1.29, 1.82) is 0 Å². The van der Waals surface area contributed by atoms with E-state index < -0.39 is 18.5 Å². The molecule has 0 aliphatic carbocycles. The smallest absolute Gasteiger partial charge is 0.339 e. The molecule has 0 atom stereocenters. The molecule has 0 fully saturated rings.